The van der Waals surface area contributed by atoms with Crippen molar-refractivity contribution >= 4 is 5.91 Å². The van der Waals surface area contributed by atoms with Gasteiger partial charge in [-0.25, -0.2) is 0 Å². The third-order valence-corrected chi connectivity index (χ3v) is 4.13. The van der Waals surface area contributed by atoms with Gasteiger partial charge in [0.15, 0.2) is 0 Å². The second-order valence-electron chi connectivity index (χ2n) is 5.70. The number of rotatable bonds is 3. The first kappa shape index (κ1) is 13.9. The number of nitrogens with zero attached hydrogens (tertiary/aromatic N) is 1. The Bertz CT molecular complexity index is 648. The molecular weight excluding hydrogens is 258 g/mol. The lowest BCUT2D eigenvalue weighted by Gasteiger charge is -2.29. The smallest absolute Gasteiger partial charge is 0.254 e. The summed E-state index contributed by atoms with van der Waals surface area (Å²) in [4.78, 5) is 14.7. The predicted octanol–water partition coefficient (Wildman–Crippen LogP) is 3.84. The normalized spacial score (nSPS) is 13.9. The van der Waals surface area contributed by atoms with Crippen LogP contribution in [0.2, 0.25) is 0 Å². The summed E-state index contributed by atoms with van der Waals surface area (Å²) in [5.41, 5.74) is 4.73. The van der Waals surface area contributed by atoms with Crippen LogP contribution in [0.5, 0.6) is 0 Å². The van der Waals surface area contributed by atoms with Crippen molar-refractivity contribution in [2.24, 2.45) is 0 Å². The zero-order valence-electron chi connectivity index (χ0n) is 12.5. The van der Waals surface area contributed by atoms with Gasteiger partial charge < -0.3 is 4.90 Å². The SMILES string of the molecule is CCCc1cccc(C(=O)N2CCc3ccccc3C2)c1. The molecule has 1 aliphatic heterocycles. The van der Waals surface area contributed by atoms with E-state index in [9.17, 15) is 4.79 Å². The zero-order valence-corrected chi connectivity index (χ0v) is 12.5. The van der Waals surface area contributed by atoms with Crippen molar-refractivity contribution < 1.29 is 4.79 Å². The summed E-state index contributed by atoms with van der Waals surface area (Å²) in [6, 6.07) is 16.5. The van der Waals surface area contributed by atoms with Crippen molar-refractivity contribution in [3.05, 3.63) is 70.8 Å². The van der Waals surface area contributed by atoms with E-state index in [4.69, 9.17) is 0 Å². The summed E-state index contributed by atoms with van der Waals surface area (Å²) in [6.45, 7) is 3.71. The first-order valence-corrected chi connectivity index (χ1v) is 7.73. The standard InChI is InChI=1S/C19H21NO/c1-2-6-15-7-5-10-17(13-15)19(21)20-12-11-16-8-3-4-9-18(16)14-20/h3-5,7-10,13H,2,6,11-12,14H2,1H3. The highest BCUT2D eigenvalue weighted by Gasteiger charge is 2.21. The van der Waals surface area contributed by atoms with Crippen LogP contribution in [0.15, 0.2) is 48.5 Å². The van der Waals surface area contributed by atoms with Gasteiger partial charge in [0.05, 0.1) is 0 Å². The molecule has 2 nitrogen and oxygen atoms in total. The van der Waals surface area contributed by atoms with E-state index in [1.165, 1.54) is 16.7 Å². The summed E-state index contributed by atoms with van der Waals surface area (Å²) in [6.07, 6.45) is 3.09. The number of carbonyl (C=O) groups is 1. The quantitative estimate of drug-likeness (QED) is 0.836. The number of hydrogen-bond acceptors (Lipinski definition) is 1. The Kier molecular flexibility index (Phi) is 4.05. The molecule has 3 rings (SSSR count). The summed E-state index contributed by atoms with van der Waals surface area (Å²) in [5, 5.41) is 0. The summed E-state index contributed by atoms with van der Waals surface area (Å²) in [7, 11) is 0. The van der Waals surface area contributed by atoms with Crippen molar-refractivity contribution in [2.45, 2.75) is 32.7 Å². The average Bonchev–Trinajstić information content (AvgIpc) is 2.54. The van der Waals surface area contributed by atoms with Crippen molar-refractivity contribution in [3.63, 3.8) is 0 Å². The highest BCUT2D eigenvalue weighted by atomic mass is 16.2. The molecule has 0 fully saturated rings. The first-order valence-electron chi connectivity index (χ1n) is 7.73. The Hall–Kier alpha value is -2.09. The Balaban J connectivity index is 1.79. The van der Waals surface area contributed by atoms with Crippen LogP contribution in [0.1, 0.15) is 40.4 Å². The molecule has 0 saturated heterocycles. The van der Waals surface area contributed by atoms with Crippen LogP contribution in [-0.4, -0.2) is 17.4 Å². The second kappa shape index (κ2) is 6.13. The van der Waals surface area contributed by atoms with E-state index in [2.05, 4.69) is 37.3 Å². The van der Waals surface area contributed by atoms with Gasteiger partial charge in [0.1, 0.15) is 0 Å². The zero-order chi connectivity index (χ0) is 14.7. The molecule has 2 aromatic carbocycles. The van der Waals surface area contributed by atoms with Crippen molar-refractivity contribution in [3.8, 4) is 0 Å². The number of aryl methyl sites for hydroxylation is 1. The number of hydrogen-bond donors (Lipinski definition) is 0. The van der Waals surface area contributed by atoms with Crippen molar-refractivity contribution in [1.29, 1.82) is 0 Å². The van der Waals surface area contributed by atoms with E-state index in [0.717, 1.165) is 37.9 Å². The molecule has 0 spiro atoms. The molecule has 0 saturated carbocycles. The molecule has 1 aliphatic rings. The fraction of sp³-hybridized carbons (Fsp3) is 0.316. The third kappa shape index (κ3) is 2.99. The monoisotopic (exact) mass is 279 g/mol. The van der Waals surface area contributed by atoms with Gasteiger partial charge in [0, 0.05) is 18.7 Å². The van der Waals surface area contributed by atoms with Crippen molar-refractivity contribution in [1.82, 2.24) is 4.90 Å². The fourth-order valence-electron chi connectivity index (χ4n) is 3.00. The van der Waals surface area contributed by atoms with Crippen LogP contribution in [0.4, 0.5) is 0 Å². The molecule has 21 heavy (non-hydrogen) atoms. The Labute approximate surface area is 126 Å². The van der Waals surface area contributed by atoms with Gasteiger partial charge in [-0.2, -0.15) is 0 Å². The topological polar surface area (TPSA) is 20.3 Å². The molecule has 0 aromatic heterocycles. The van der Waals surface area contributed by atoms with E-state index >= 15 is 0 Å². The maximum Gasteiger partial charge on any atom is 0.254 e. The Morgan fingerprint density at radius 1 is 1.10 bits per heavy atom. The lowest BCUT2D eigenvalue weighted by Crippen LogP contribution is -2.35. The summed E-state index contributed by atoms with van der Waals surface area (Å²) in [5.74, 6) is 0.155. The lowest BCUT2D eigenvalue weighted by atomic mass is 9.99. The Morgan fingerprint density at radius 2 is 1.90 bits per heavy atom. The minimum atomic E-state index is 0.155. The number of benzene rings is 2. The maximum absolute atomic E-state index is 12.7. The van der Waals surface area contributed by atoms with E-state index in [-0.39, 0.29) is 5.91 Å². The average molecular weight is 279 g/mol. The minimum Gasteiger partial charge on any atom is -0.334 e. The number of carbonyl (C=O) groups excluding carboxylic acids is 1. The van der Waals surface area contributed by atoms with Gasteiger partial charge in [-0.05, 0) is 41.7 Å². The van der Waals surface area contributed by atoms with E-state index in [1.54, 1.807) is 0 Å². The lowest BCUT2D eigenvalue weighted by molar-refractivity contribution is 0.0734. The van der Waals surface area contributed by atoms with Crippen LogP contribution < -0.4 is 0 Å². The number of fused-ring (bicyclic) bond motifs is 1. The molecule has 0 N–H and O–H groups in total. The molecule has 0 atom stereocenters. The van der Waals surface area contributed by atoms with Crippen LogP contribution in [0.3, 0.4) is 0 Å². The van der Waals surface area contributed by atoms with Gasteiger partial charge >= 0.3 is 0 Å². The maximum atomic E-state index is 12.7. The predicted molar refractivity (Wildman–Crippen MR) is 85.3 cm³/mol. The van der Waals surface area contributed by atoms with Gasteiger partial charge in [-0.3, -0.25) is 4.79 Å². The molecule has 1 heterocycles. The van der Waals surface area contributed by atoms with Crippen LogP contribution >= 0.6 is 0 Å². The van der Waals surface area contributed by atoms with Gasteiger partial charge in [-0.1, -0.05) is 49.7 Å². The highest BCUT2D eigenvalue weighted by molar-refractivity contribution is 5.94. The minimum absolute atomic E-state index is 0.155. The Morgan fingerprint density at radius 3 is 2.71 bits per heavy atom. The van der Waals surface area contributed by atoms with Gasteiger partial charge in [0.25, 0.3) is 5.91 Å². The third-order valence-electron chi connectivity index (χ3n) is 4.13. The van der Waals surface area contributed by atoms with Crippen molar-refractivity contribution in [2.75, 3.05) is 6.54 Å². The molecule has 1 amide bonds. The molecule has 0 unspecified atom stereocenters. The summed E-state index contributed by atoms with van der Waals surface area (Å²) >= 11 is 0. The fourth-order valence-corrected chi connectivity index (χ4v) is 3.00. The molecular formula is C19H21NO. The van der Waals surface area contributed by atoms with Gasteiger partial charge in [0.2, 0.25) is 0 Å². The molecule has 2 heteroatoms. The largest absolute Gasteiger partial charge is 0.334 e. The molecule has 0 bridgehead atoms. The second-order valence-corrected chi connectivity index (χ2v) is 5.70. The van der Waals surface area contributed by atoms with Gasteiger partial charge in [-0.15, -0.1) is 0 Å². The van der Waals surface area contributed by atoms with Crippen LogP contribution in [0.25, 0.3) is 0 Å². The molecule has 2 aromatic rings. The van der Waals surface area contributed by atoms with Crippen LogP contribution in [-0.2, 0) is 19.4 Å². The molecule has 108 valence electrons. The van der Waals surface area contributed by atoms with Crippen LogP contribution in [0, 0.1) is 0 Å². The highest BCUT2D eigenvalue weighted by Crippen LogP contribution is 2.20. The molecule has 0 aliphatic carbocycles. The van der Waals surface area contributed by atoms with E-state index < -0.39 is 0 Å². The van der Waals surface area contributed by atoms with E-state index in [0.29, 0.717) is 0 Å². The molecule has 0 radical (unpaired) electrons. The number of amides is 1. The van der Waals surface area contributed by atoms with E-state index in [1.807, 2.05) is 23.1 Å². The first-order chi connectivity index (χ1) is 10.3. The summed E-state index contributed by atoms with van der Waals surface area (Å²) < 4.78 is 0.